The Balaban J connectivity index is 1.38. The summed E-state index contributed by atoms with van der Waals surface area (Å²) in [5, 5.41) is 9.53. The van der Waals surface area contributed by atoms with Crippen LogP contribution in [-0.2, 0) is 0 Å². The van der Waals surface area contributed by atoms with E-state index in [-0.39, 0.29) is 0 Å². The molecule has 0 spiro atoms. The van der Waals surface area contributed by atoms with Crippen LogP contribution in [0.3, 0.4) is 0 Å². The highest BCUT2D eigenvalue weighted by Gasteiger charge is 2.15. The summed E-state index contributed by atoms with van der Waals surface area (Å²) in [7, 11) is 4.04. The second-order valence-electron chi connectivity index (χ2n) is 8.80. The van der Waals surface area contributed by atoms with Crippen molar-refractivity contribution in [3.8, 4) is 39.5 Å². The second kappa shape index (κ2) is 9.20. The van der Waals surface area contributed by atoms with Crippen LogP contribution in [0.5, 0.6) is 5.75 Å². The van der Waals surface area contributed by atoms with Crippen LogP contribution in [-0.4, -0.2) is 67.3 Å². The molecule has 0 aliphatic carbocycles. The van der Waals surface area contributed by atoms with Crippen molar-refractivity contribution in [1.82, 2.24) is 40.0 Å². The molecule has 0 radical (unpaired) electrons. The lowest BCUT2D eigenvalue weighted by atomic mass is 10.1. The summed E-state index contributed by atoms with van der Waals surface area (Å²) in [5.41, 5.74) is 7.02. The van der Waals surface area contributed by atoms with Gasteiger partial charge in [-0.3, -0.25) is 20.1 Å². The van der Waals surface area contributed by atoms with Gasteiger partial charge in [0.2, 0.25) is 0 Å². The molecule has 6 rings (SSSR count). The number of pyridine rings is 4. The first-order chi connectivity index (χ1) is 17.7. The number of aromatic nitrogens is 7. The van der Waals surface area contributed by atoms with Crippen molar-refractivity contribution in [2.24, 2.45) is 0 Å². The molecule has 0 aliphatic rings. The van der Waals surface area contributed by atoms with Crippen molar-refractivity contribution in [3.05, 3.63) is 73.6 Å². The summed E-state index contributed by atoms with van der Waals surface area (Å²) in [6.45, 7) is 1.43. The standard InChI is InChI=1S/C27H24N8O/c1-35(2)7-8-36-19-9-17(12-28-14-19)18-10-21-26(33-34-27(21)31-13-18)24-11-20-22(15-29-16-25(20)32-24)23-5-3-4-6-30-23/h3-6,9-16,32H,7-8H2,1-2H3,(H,31,33,34). The molecule has 0 atom stereocenters. The van der Waals surface area contributed by atoms with Gasteiger partial charge < -0.3 is 14.6 Å². The number of rotatable bonds is 7. The third-order valence-electron chi connectivity index (χ3n) is 6.02. The van der Waals surface area contributed by atoms with Crippen LogP contribution in [0, 0.1) is 0 Å². The van der Waals surface area contributed by atoms with Crippen molar-refractivity contribution < 1.29 is 4.74 Å². The molecule has 6 heterocycles. The molecule has 0 saturated heterocycles. The normalized spacial score (nSPS) is 11.5. The Morgan fingerprint density at radius 3 is 2.64 bits per heavy atom. The highest BCUT2D eigenvalue weighted by Crippen LogP contribution is 2.34. The lowest BCUT2D eigenvalue weighted by molar-refractivity contribution is 0.261. The Labute approximate surface area is 207 Å². The number of ether oxygens (including phenoxy) is 1. The summed E-state index contributed by atoms with van der Waals surface area (Å²) in [6, 6.07) is 12.0. The highest BCUT2D eigenvalue weighted by atomic mass is 16.5. The largest absolute Gasteiger partial charge is 0.491 e. The fourth-order valence-electron chi connectivity index (χ4n) is 4.18. The molecule has 36 heavy (non-hydrogen) atoms. The van der Waals surface area contributed by atoms with Crippen LogP contribution < -0.4 is 4.74 Å². The van der Waals surface area contributed by atoms with Gasteiger partial charge in [0, 0.05) is 58.8 Å². The van der Waals surface area contributed by atoms with Crippen molar-refractivity contribution in [2.75, 3.05) is 27.2 Å². The number of fused-ring (bicyclic) bond motifs is 2. The topological polar surface area (TPSA) is 108 Å². The summed E-state index contributed by atoms with van der Waals surface area (Å²) < 4.78 is 5.87. The Hall–Kier alpha value is -4.63. The van der Waals surface area contributed by atoms with Crippen molar-refractivity contribution in [3.63, 3.8) is 0 Å². The molecule has 6 aromatic heterocycles. The molecule has 0 saturated carbocycles. The molecule has 0 aromatic carbocycles. The first kappa shape index (κ1) is 21.9. The van der Waals surface area contributed by atoms with Gasteiger partial charge in [-0.1, -0.05) is 6.07 Å². The van der Waals surface area contributed by atoms with Crippen LogP contribution in [0.1, 0.15) is 0 Å². The number of hydrogen-bond donors (Lipinski definition) is 2. The van der Waals surface area contributed by atoms with E-state index in [4.69, 9.17) is 4.74 Å². The quantitative estimate of drug-likeness (QED) is 0.348. The number of likely N-dealkylation sites (N-methyl/N-ethyl adjacent to an activating group) is 1. The molecule has 0 bridgehead atoms. The average Bonchev–Trinajstić information content (AvgIpc) is 3.53. The van der Waals surface area contributed by atoms with Gasteiger partial charge in [-0.05, 0) is 44.4 Å². The maximum absolute atomic E-state index is 5.87. The van der Waals surface area contributed by atoms with E-state index in [0.717, 1.165) is 62.4 Å². The van der Waals surface area contributed by atoms with Gasteiger partial charge in [0.1, 0.15) is 12.4 Å². The molecule has 0 amide bonds. The Bertz CT molecular complexity index is 1660. The molecule has 0 fully saturated rings. The lowest BCUT2D eigenvalue weighted by Crippen LogP contribution is -2.19. The number of H-pyrrole nitrogens is 2. The molecular weight excluding hydrogens is 452 g/mol. The fourth-order valence-corrected chi connectivity index (χ4v) is 4.18. The van der Waals surface area contributed by atoms with Crippen LogP contribution >= 0.6 is 0 Å². The van der Waals surface area contributed by atoms with E-state index in [9.17, 15) is 0 Å². The van der Waals surface area contributed by atoms with Gasteiger partial charge in [0.25, 0.3) is 0 Å². The van der Waals surface area contributed by atoms with E-state index in [1.807, 2.05) is 63.1 Å². The van der Waals surface area contributed by atoms with Gasteiger partial charge in [0.15, 0.2) is 5.65 Å². The fraction of sp³-hybridized carbons (Fsp3) is 0.148. The van der Waals surface area contributed by atoms with Crippen LogP contribution in [0.15, 0.2) is 73.6 Å². The minimum absolute atomic E-state index is 0.594. The predicted molar refractivity (Wildman–Crippen MR) is 139 cm³/mol. The first-order valence-electron chi connectivity index (χ1n) is 11.6. The molecule has 2 N–H and O–H groups in total. The Morgan fingerprint density at radius 2 is 1.78 bits per heavy atom. The molecule has 6 aromatic rings. The zero-order chi connectivity index (χ0) is 24.5. The zero-order valence-electron chi connectivity index (χ0n) is 19.9. The van der Waals surface area contributed by atoms with E-state index in [0.29, 0.717) is 12.3 Å². The van der Waals surface area contributed by atoms with E-state index < -0.39 is 0 Å². The molecule has 0 unspecified atom stereocenters. The average molecular weight is 477 g/mol. The van der Waals surface area contributed by atoms with E-state index in [2.05, 4.69) is 52.1 Å². The van der Waals surface area contributed by atoms with Crippen LogP contribution in [0.2, 0.25) is 0 Å². The van der Waals surface area contributed by atoms with Crippen LogP contribution in [0.25, 0.3) is 55.7 Å². The number of aromatic amines is 2. The van der Waals surface area contributed by atoms with Crippen LogP contribution in [0.4, 0.5) is 0 Å². The minimum atomic E-state index is 0.594. The Morgan fingerprint density at radius 1 is 0.889 bits per heavy atom. The maximum Gasteiger partial charge on any atom is 0.181 e. The summed E-state index contributed by atoms with van der Waals surface area (Å²) in [4.78, 5) is 23.4. The molecular formula is C27H24N8O. The second-order valence-corrected chi connectivity index (χ2v) is 8.80. The summed E-state index contributed by atoms with van der Waals surface area (Å²) in [5.74, 6) is 0.729. The van der Waals surface area contributed by atoms with Crippen molar-refractivity contribution in [1.29, 1.82) is 0 Å². The van der Waals surface area contributed by atoms with Crippen molar-refractivity contribution >= 4 is 21.9 Å². The molecule has 9 heteroatoms. The molecule has 0 aliphatic heterocycles. The summed E-state index contributed by atoms with van der Waals surface area (Å²) >= 11 is 0. The monoisotopic (exact) mass is 476 g/mol. The molecule has 178 valence electrons. The highest BCUT2D eigenvalue weighted by molar-refractivity contribution is 6.00. The number of nitrogens with zero attached hydrogens (tertiary/aromatic N) is 6. The van der Waals surface area contributed by atoms with Gasteiger partial charge in [-0.25, -0.2) is 4.98 Å². The smallest absolute Gasteiger partial charge is 0.181 e. The number of hydrogen-bond acceptors (Lipinski definition) is 7. The van der Waals surface area contributed by atoms with E-state index in [1.54, 1.807) is 12.4 Å². The summed E-state index contributed by atoms with van der Waals surface area (Å²) in [6.07, 6.45) is 10.8. The third-order valence-corrected chi connectivity index (χ3v) is 6.02. The Kier molecular flexibility index (Phi) is 5.59. The van der Waals surface area contributed by atoms with E-state index >= 15 is 0 Å². The van der Waals surface area contributed by atoms with Gasteiger partial charge in [-0.2, -0.15) is 5.10 Å². The number of nitrogens with one attached hydrogen (secondary N) is 2. The van der Waals surface area contributed by atoms with Gasteiger partial charge in [-0.15, -0.1) is 0 Å². The lowest BCUT2D eigenvalue weighted by Gasteiger charge is -2.11. The van der Waals surface area contributed by atoms with Crippen molar-refractivity contribution in [2.45, 2.75) is 0 Å². The minimum Gasteiger partial charge on any atom is -0.491 e. The van der Waals surface area contributed by atoms with Gasteiger partial charge in [0.05, 0.1) is 35.0 Å². The third kappa shape index (κ3) is 4.16. The predicted octanol–water partition coefficient (Wildman–Crippen LogP) is 4.57. The molecule has 9 nitrogen and oxygen atoms in total. The maximum atomic E-state index is 5.87. The van der Waals surface area contributed by atoms with E-state index in [1.165, 1.54) is 0 Å². The van der Waals surface area contributed by atoms with Gasteiger partial charge >= 0.3 is 0 Å². The first-order valence-corrected chi connectivity index (χ1v) is 11.6. The zero-order valence-corrected chi connectivity index (χ0v) is 19.9. The SMILES string of the molecule is CN(C)CCOc1cncc(-c2cnc3n[nH]c(-c4cc5c(-c6ccccn6)cncc5[nH]4)c3c2)c1.